The Bertz CT molecular complexity index is 334. The molecule has 0 radical (unpaired) electrons. The Morgan fingerprint density at radius 1 is 1.73 bits per heavy atom. The average Bonchev–Trinajstić information content (AvgIpc) is 2.65. The standard InChI is InChI=1S/C10H18N4S/c1-4-8-6-15-10(13-8)14(3)5-7(2)9(11)12/h6-7H,4-5H2,1-3H3,(H3,11,12). The predicted octanol–water partition coefficient (Wildman–Crippen LogP) is 1.71. The SMILES string of the molecule is CCc1csc(N(C)CC(C)C(=N)N)n1. The molecule has 5 heteroatoms. The predicted molar refractivity (Wildman–Crippen MR) is 65.8 cm³/mol. The van der Waals surface area contributed by atoms with Crippen LogP contribution < -0.4 is 10.6 Å². The fourth-order valence-electron chi connectivity index (χ4n) is 1.22. The molecule has 0 aliphatic heterocycles. The molecule has 1 unspecified atom stereocenters. The van der Waals surface area contributed by atoms with Crippen LogP contribution in [-0.4, -0.2) is 24.4 Å². The third-order valence-corrected chi connectivity index (χ3v) is 3.31. The van der Waals surface area contributed by atoms with Gasteiger partial charge in [0.25, 0.3) is 0 Å². The number of nitrogens with one attached hydrogen (secondary N) is 1. The first-order chi connectivity index (χ1) is 7.04. The first-order valence-corrected chi connectivity index (χ1v) is 5.92. The van der Waals surface area contributed by atoms with Crippen molar-refractivity contribution in [2.75, 3.05) is 18.5 Å². The lowest BCUT2D eigenvalue weighted by molar-refractivity contribution is 0.726. The lowest BCUT2D eigenvalue weighted by atomic mass is 10.1. The second-order valence-electron chi connectivity index (χ2n) is 3.71. The Hall–Kier alpha value is -1.10. The van der Waals surface area contributed by atoms with Crippen molar-refractivity contribution >= 4 is 22.3 Å². The van der Waals surface area contributed by atoms with Gasteiger partial charge in [-0.25, -0.2) is 4.98 Å². The smallest absolute Gasteiger partial charge is 0.185 e. The van der Waals surface area contributed by atoms with Gasteiger partial charge in [0.2, 0.25) is 0 Å². The summed E-state index contributed by atoms with van der Waals surface area (Å²) in [5.41, 5.74) is 6.56. The molecule has 15 heavy (non-hydrogen) atoms. The monoisotopic (exact) mass is 226 g/mol. The van der Waals surface area contributed by atoms with Crippen LogP contribution in [0.15, 0.2) is 5.38 Å². The van der Waals surface area contributed by atoms with Crippen molar-refractivity contribution in [1.82, 2.24) is 4.98 Å². The molecule has 0 bridgehead atoms. The summed E-state index contributed by atoms with van der Waals surface area (Å²) in [5, 5.41) is 10.4. The molecule has 1 aromatic heterocycles. The first-order valence-electron chi connectivity index (χ1n) is 5.04. The molecule has 1 aromatic rings. The average molecular weight is 226 g/mol. The lowest BCUT2D eigenvalue weighted by Gasteiger charge is -2.19. The highest BCUT2D eigenvalue weighted by molar-refractivity contribution is 7.13. The molecule has 1 atom stereocenters. The van der Waals surface area contributed by atoms with Crippen LogP contribution in [0.1, 0.15) is 19.5 Å². The van der Waals surface area contributed by atoms with E-state index in [1.54, 1.807) is 11.3 Å². The summed E-state index contributed by atoms with van der Waals surface area (Å²) in [5.74, 6) is 0.304. The Morgan fingerprint density at radius 2 is 2.40 bits per heavy atom. The second kappa shape index (κ2) is 5.11. The maximum atomic E-state index is 7.33. The van der Waals surface area contributed by atoms with Crippen molar-refractivity contribution in [2.45, 2.75) is 20.3 Å². The molecule has 0 saturated heterocycles. The highest BCUT2D eigenvalue weighted by atomic mass is 32.1. The number of nitrogens with zero attached hydrogens (tertiary/aromatic N) is 2. The number of aromatic nitrogens is 1. The first kappa shape index (κ1) is 12.0. The van der Waals surface area contributed by atoms with Gasteiger partial charge in [-0.2, -0.15) is 0 Å². The zero-order chi connectivity index (χ0) is 11.4. The largest absolute Gasteiger partial charge is 0.387 e. The van der Waals surface area contributed by atoms with Crippen LogP contribution in [0.4, 0.5) is 5.13 Å². The number of thiazole rings is 1. The Kier molecular flexibility index (Phi) is 4.08. The molecule has 1 heterocycles. The summed E-state index contributed by atoms with van der Waals surface area (Å²) >= 11 is 1.64. The van der Waals surface area contributed by atoms with E-state index in [0.29, 0.717) is 0 Å². The van der Waals surface area contributed by atoms with Gasteiger partial charge in [-0.15, -0.1) is 11.3 Å². The third-order valence-electron chi connectivity index (χ3n) is 2.31. The van der Waals surface area contributed by atoms with Crippen LogP contribution in [0.5, 0.6) is 0 Å². The lowest BCUT2D eigenvalue weighted by Crippen LogP contribution is -2.31. The van der Waals surface area contributed by atoms with Crippen molar-refractivity contribution in [3.63, 3.8) is 0 Å². The molecule has 4 nitrogen and oxygen atoms in total. The molecule has 0 saturated carbocycles. The summed E-state index contributed by atoms with van der Waals surface area (Å²) in [6.07, 6.45) is 0.965. The zero-order valence-corrected chi connectivity index (χ0v) is 10.3. The summed E-state index contributed by atoms with van der Waals surface area (Å²) < 4.78 is 0. The van der Waals surface area contributed by atoms with Crippen LogP contribution >= 0.6 is 11.3 Å². The van der Waals surface area contributed by atoms with Gasteiger partial charge in [-0.3, -0.25) is 5.41 Å². The van der Waals surface area contributed by atoms with Crippen molar-refractivity contribution in [2.24, 2.45) is 11.7 Å². The summed E-state index contributed by atoms with van der Waals surface area (Å²) in [6.45, 7) is 4.79. The molecule has 0 amide bonds. The molecule has 1 rings (SSSR count). The Balaban J connectivity index is 2.60. The molecule has 0 aromatic carbocycles. The maximum absolute atomic E-state index is 7.33. The van der Waals surface area contributed by atoms with Crippen LogP contribution in [0.3, 0.4) is 0 Å². The fraction of sp³-hybridized carbons (Fsp3) is 0.600. The third kappa shape index (κ3) is 3.20. The van der Waals surface area contributed by atoms with E-state index in [-0.39, 0.29) is 11.8 Å². The number of amidine groups is 1. The van der Waals surface area contributed by atoms with Gasteiger partial charge in [0.05, 0.1) is 11.5 Å². The minimum Gasteiger partial charge on any atom is -0.387 e. The summed E-state index contributed by atoms with van der Waals surface area (Å²) in [6, 6.07) is 0. The van der Waals surface area contributed by atoms with Gasteiger partial charge in [0.1, 0.15) is 0 Å². The van der Waals surface area contributed by atoms with E-state index in [9.17, 15) is 0 Å². The molecule has 3 N–H and O–H groups in total. The number of aryl methyl sites for hydroxylation is 1. The van der Waals surface area contributed by atoms with Crippen LogP contribution in [0.25, 0.3) is 0 Å². The van der Waals surface area contributed by atoms with Gasteiger partial charge in [-0.1, -0.05) is 13.8 Å². The number of hydrogen-bond donors (Lipinski definition) is 2. The number of hydrogen-bond acceptors (Lipinski definition) is 4. The van der Waals surface area contributed by atoms with Gasteiger partial charge in [-0.05, 0) is 6.42 Å². The number of nitrogens with two attached hydrogens (primary N) is 1. The molecular weight excluding hydrogens is 208 g/mol. The molecular formula is C10H18N4S. The van der Waals surface area contributed by atoms with Crippen LogP contribution in [0.2, 0.25) is 0 Å². The van der Waals surface area contributed by atoms with E-state index >= 15 is 0 Å². The number of rotatable bonds is 5. The topological polar surface area (TPSA) is 66.0 Å². The van der Waals surface area contributed by atoms with Gasteiger partial charge >= 0.3 is 0 Å². The van der Waals surface area contributed by atoms with Crippen molar-refractivity contribution < 1.29 is 0 Å². The second-order valence-corrected chi connectivity index (χ2v) is 4.55. The highest BCUT2D eigenvalue weighted by Crippen LogP contribution is 2.20. The molecule has 0 fully saturated rings. The molecule has 0 aliphatic carbocycles. The minimum atomic E-state index is 0.0731. The van der Waals surface area contributed by atoms with E-state index < -0.39 is 0 Å². The molecule has 0 aliphatic rings. The van der Waals surface area contributed by atoms with Crippen molar-refractivity contribution in [3.05, 3.63) is 11.1 Å². The Labute approximate surface area is 94.6 Å². The van der Waals surface area contributed by atoms with Crippen LogP contribution in [0, 0.1) is 11.3 Å². The quantitative estimate of drug-likeness (QED) is 0.593. The van der Waals surface area contributed by atoms with E-state index in [4.69, 9.17) is 11.1 Å². The maximum Gasteiger partial charge on any atom is 0.185 e. The van der Waals surface area contributed by atoms with Crippen molar-refractivity contribution in [1.29, 1.82) is 5.41 Å². The van der Waals surface area contributed by atoms with Crippen LogP contribution in [-0.2, 0) is 6.42 Å². The van der Waals surface area contributed by atoms with E-state index in [2.05, 4.69) is 22.2 Å². The van der Waals surface area contributed by atoms with Gasteiger partial charge < -0.3 is 10.6 Å². The number of anilines is 1. The molecule has 0 spiro atoms. The normalized spacial score (nSPS) is 12.5. The zero-order valence-electron chi connectivity index (χ0n) is 9.45. The van der Waals surface area contributed by atoms with E-state index in [0.717, 1.165) is 23.8 Å². The van der Waals surface area contributed by atoms with E-state index in [1.165, 1.54) is 0 Å². The summed E-state index contributed by atoms with van der Waals surface area (Å²) in [4.78, 5) is 6.53. The highest BCUT2D eigenvalue weighted by Gasteiger charge is 2.12. The Morgan fingerprint density at radius 3 is 2.87 bits per heavy atom. The molecule has 84 valence electrons. The minimum absolute atomic E-state index is 0.0731. The van der Waals surface area contributed by atoms with Gasteiger partial charge in [0.15, 0.2) is 5.13 Å². The van der Waals surface area contributed by atoms with Crippen molar-refractivity contribution in [3.8, 4) is 0 Å². The fourth-order valence-corrected chi connectivity index (χ4v) is 2.11. The van der Waals surface area contributed by atoms with E-state index in [1.807, 2.05) is 14.0 Å². The van der Waals surface area contributed by atoms with Gasteiger partial charge in [0, 0.05) is 24.9 Å². The summed E-state index contributed by atoms with van der Waals surface area (Å²) in [7, 11) is 1.98.